The Balaban J connectivity index is 1.98. The van der Waals surface area contributed by atoms with Gasteiger partial charge in [0.2, 0.25) is 0 Å². The van der Waals surface area contributed by atoms with Crippen LogP contribution >= 0.6 is 11.6 Å². The molecule has 3 rings (SSSR count). The van der Waals surface area contributed by atoms with Crippen molar-refractivity contribution >= 4 is 21.8 Å². The summed E-state index contributed by atoms with van der Waals surface area (Å²) in [6.07, 6.45) is 1.48. The van der Waals surface area contributed by atoms with Crippen LogP contribution in [-0.2, 0) is 15.8 Å². The Bertz CT molecular complexity index is 1110. The fourth-order valence-electron chi connectivity index (χ4n) is 3.06. The number of aromatic nitrogens is 2. The Hall–Kier alpha value is -2.23. The second-order valence-corrected chi connectivity index (χ2v) is 9.38. The van der Waals surface area contributed by atoms with E-state index in [9.17, 15) is 13.5 Å². The molecule has 0 spiro atoms. The summed E-state index contributed by atoms with van der Waals surface area (Å²) in [6.45, 7) is 1.74. The standard InChI is InChI=1S/C20H23ClN4O3S/c1-14-19(12-25(23-14)29(27,28)24(2)3)15-4-6-16(7-5-15)20(26,13-22)17-8-10-18(21)11-9-17/h4-12,26H,13,22H2,1-3H3. The Morgan fingerprint density at radius 2 is 1.62 bits per heavy atom. The van der Waals surface area contributed by atoms with Crippen molar-refractivity contribution in [3.63, 3.8) is 0 Å². The van der Waals surface area contributed by atoms with Crippen molar-refractivity contribution < 1.29 is 13.5 Å². The minimum Gasteiger partial charge on any atom is -0.379 e. The van der Waals surface area contributed by atoms with Gasteiger partial charge < -0.3 is 10.8 Å². The number of nitrogens with zero attached hydrogens (tertiary/aromatic N) is 3. The Labute approximate surface area is 175 Å². The van der Waals surface area contributed by atoms with E-state index < -0.39 is 15.8 Å². The van der Waals surface area contributed by atoms with E-state index in [0.29, 0.717) is 27.4 Å². The van der Waals surface area contributed by atoms with Gasteiger partial charge in [-0.1, -0.05) is 48.0 Å². The smallest absolute Gasteiger partial charge is 0.322 e. The van der Waals surface area contributed by atoms with Crippen LogP contribution in [0.25, 0.3) is 11.1 Å². The molecular weight excluding hydrogens is 412 g/mol. The third-order valence-corrected chi connectivity index (χ3v) is 6.70. The van der Waals surface area contributed by atoms with Gasteiger partial charge in [-0.3, -0.25) is 0 Å². The zero-order valence-corrected chi connectivity index (χ0v) is 17.9. The molecule has 0 aliphatic heterocycles. The highest BCUT2D eigenvalue weighted by Crippen LogP contribution is 2.32. The van der Waals surface area contributed by atoms with Crippen molar-refractivity contribution in [2.24, 2.45) is 5.73 Å². The monoisotopic (exact) mass is 434 g/mol. The van der Waals surface area contributed by atoms with E-state index in [2.05, 4.69) is 5.10 Å². The molecule has 29 heavy (non-hydrogen) atoms. The molecule has 2 aromatic carbocycles. The lowest BCUT2D eigenvalue weighted by atomic mass is 9.85. The molecule has 1 atom stereocenters. The number of aryl methyl sites for hydroxylation is 1. The second-order valence-electron chi connectivity index (χ2n) is 6.94. The van der Waals surface area contributed by atoms with Crippen LogP contribution in [0.5, 0.6) is 0 Å². The summed E-state index contributed by atoms with van der Waals surface area (Å²) in [5.74, 6) is 0. The van der Waals surface area contributed by atoms with E-state index >= 15 is 0 Å². The number of hydrogen-bond donors (Lipinski definition) is 2. The molecule has 0 fully saturated rings. The van der Waals surface area contributed by atoms with Crippen molar-refractivity contribution in [3.8, 4) is 11.1 Å². The Morgan fingerprint density at radius 3 is 2.10 bits per heavy atom. The van der Waals surface area contributed by atoms with Crippen molar-refractivity contribution in [2.75, 3.05) is 20.6 Å². The molecule has 3 N–H and O–H groups in total. The topological polar surface area (TPSA) is 101 Å². The zero-order valence-electron chi connectivity index (χ0n) is 16.4. The van der Waals surface area contributed by atoms with Gasteiger partial charge in [0.15, 0.2) is 0 Å². The first-order chi connectivity index (χ1) is 13.6. The normalized spacial score (nSPS) is 14.2. The quantitative estimate of drug-likeness (QED) is 0.620. The van der Waals surface area contributed by atoms with E-state index in [1.807, 2.05) is 12.1 Å². The van der Waals surface area contributed by atoms with E-state index in [-0.39, 0.29) is 6.54 Å². The van der Waals surface area contributed by atoms with Crippen LogP contribution in [0.15, 0.2) is 54.7 Å². The van der Waals surface area contributed by atoms with Gasteiger partial charge in [-0.05, 0) is 35.7 Å². The molecule has 1 unspecified atom stereocenters. The van der Waals surface area contributed by atoms with Gasteiger partial charge in [0.25, 0.3) is 0 Å². The van der Waals surface area contributed by atoms with Crippen LogP contribution in [0.4, 0.5) is 0 Å². The second kappa shape index (κ2) is 7.89. The number of aliphatic hydroxyl groups is 1. The van der Waals surface area contributed by atoms with Gasteiger partial charge in [-0.25, -0.2) is 0 Å². The van der Waals surface area contributed by atoms with Crippen molar-refractivity contribution in [3.05, 3.63) is 76.6 Å². The van der Waals surface area contributed by atoms with Gasteiger partial charge in [-0.2, -0.15) is 21.9 Å². The maximum Gasteiger partial charge on any atom is 0.322 e. The van der Waals surface area contributed by atoms with E-state index in [0.717, 1.165) is 14.0 Å². The van der Waals surface area contributed by atoms with Crippen LogP contribution in [0.2, 0.25) is 5.02 Å². The molecule has 0 aliphatic rings. The largest absolute Gasteiger partial charge is 0.379 e. The van der Waals surface area contributed by atoms with Gasteiger partial charge in [0.1, 0.15) is 5.60 Å². The fraction of sp³-hybridized carbons (Fsp3) is 0.250. The van der Waals surface area contributed by atoms with Gasteiger partial charge >= 0.3 is 10.2 Å². The molecule has 3 aromatic rings. The Morgan fingerprint density at radius 1 is 1.10 bits per heavy atom. The fourth-order valence-corrected chi connectivity index (χ4v) is 3.98. The maximum absolute atomic E-state index is 12.3. The summed E-state index contributed by atoms with van der Waals surface area (Å²) in [7, 11) is -0.791. The molecule has 1 heterocycles. The lowest BCUT2D eigenvalue weighted by Gasteiger charge is -2.28. The molecule has 0 saturated carbocycles. The molecular formula is C20H23ClN4O3S. The SMILES string of the molecule is Cc1nn(S(=O)(=O)N(C)C)cc1-c1ccc(C(O)(CN)c2ccc(Cl)cc2)cc1. The molecule has 0 aliphatic carbocycles. The van der Waals surface area contributed by atoms with Crippen LogP contribution in [0.3, 0.4) is 0 Å². The highest BCUT2D eigenvalue weighted by atomic mass is 35.5. The summed E-state index contributed by atoms with van der Waals surface area (Å²) in [5, 5.41) is 15.9. The first-order valence-electron chi connectivity index (χ1n) is 8.88. The summed E-state index contributed by atoms with van der Waals surface area (Å²) in [4.78, 5) is 0. The third-order valence-electron chi connectivity index (χ3n) is 4.87. The Kier molecular flexibility index (Phi) is 5.84. The maximum atomic E-state index is 12.3. The van der Waals surface area contributed by atoms with Crippen LogP contribution in [0, 0.1) is 6.92 Å². The molecule has 0 saturated heterocycles. The molecule has 1 aromatic heterocycles. The average molecular weight is 435 g/mol. The first kappa shape index (κ1) is 21.5. The van der Waals surface area contributed by atoms with Gasteiger partial charge in [-0.15, -0.1) is 0 Å². The molecule has 0 amide bonds. The van der Waals surface area contributed by atoms with Gasteiger partial charge in [0.05, 0.1) is 11.9 Å². The lowest BCUT2D eigenvalue weighted by molar-refractivity contribution is 0.0902. The van der Waals surface area contributed by atoms with Crippen molar-refractivity contribution in [1.82, 2.24) is 13.5 Å². The van der Waals surface area contributed by atoms with Crippen LogP contribution in [-0.4, -0.2) is 47.7 Å². The highest BCUT2D eigenvalue weighted by Gasteiger charge is 2.30. The van der Waals surface area contributed by atoms with E-state index in [4.69, 9.17) is 17.3 Å². The van der Waals surface area contributed by atoms with Crippen molar-refractivity contribution in [2.45, 2.75) is 12.5 Å². The minimum absolute atomic E-state index is 0.00792. The molecule has 9 heteroatoms. The minimum atomic E-state index is -3.69. The predicted molar refractivity (Wildman–Crippen MR) is 114 cm³/mol. The zero-order chi connectivity index (χ0) is 21.4. The third kappa shape index (κ3) is 3.94. The average Bonchev–Trinajstić information content (AvgIpc) is 3.10. The molecule has 0 radical (unpaired) electrons. The predicted octanol–water partition coefficient (Wildman–Crippen LogP) is 2.36. The summed E-state index contributed by atoms with van der Waals surface area (Å²) in [5.41, 5.74) is 7.83. The number of benzene rings is 2. The first-order valence-corrected chi connectivity index (χ1v) is 10.7. The lowest BCUT2D eigenvalue weighted by Crippen LogP contribution is -2.36. The number of halogens is 1. The van der Waals surface area contributed by atoms with Crippen molar-refractivity contribution in [1.29, 1.82) is 0 Å². The number of hydrogen-bond acceptors (Lipinski definition) is 5. The van der Waals surface area contributed by atoms with Gasteiger partial charge in [0, 0.05) is 31.2 Å². The molecule has 7 nitrogen and oxygen atoms in total. The summed E-state index contributed by atoms with van der Waals surface area (Å²) < 4.78 is 26.7. The highest BCUT2D eigenvalue weighted by molar-refractivity contribution is 7.87. The summed E-state index contributed by atoms with van der Waals surface area (Å²) in [6, 6.07) is 14.0. The molecule has 154 valence electrons. The van der Waals surface area contributed by atoms with Crippen LogP contribution in [0.1, 0.15) is 16.8 Å². The van der Waals surface area contributed by atoms with E-state index in [1.165, 1.54) is 20.3 Å². The summed E-state index contributed by atoms with van der Waals surface area (Å²) >= 11 is 5.94. The number of rotatable bonds is 6. The van der Waals surface area contributed by atoms with E-state index in [1.54, 1.807) is 43.3 Å². The number of nitrogens with two attached hydrogens (primary N) is 1. The van der Waals surface area contributed by atoms with Crippen LogP contribution < -0.4 is 5.73 Å². The molecule has 0 bridgehead atoms.